The number of rotatable bonds is 5. The Morgan fingerprint density at radius 1 is 1.40 bits per heavy atom. The number of hydrogen-bond acceptors (Lipinski definition) is 2. The molecule has 10 heavy (non-hydrogen) atoms. The topological polar surface area (TPSA) is 15.3 Å². The molecule has 62 valence electrons. The van der Waals surface area contributed by atoms with Gasteiger partial charge in [-0.3, -0.25) is 4.90 Å². The predicted octanol–water partition coefficient (Wildman–Crippen LogP) is 1.14. The van der Waals surface area contributed by atoms with Crippen molar-refractivity contribution in [1.82, 2.24) is 10.2 Å². The van der Waals surface area contributed by atoms with Crippen LogP contribution in [-0.4, -0.2) is 32.2 Å². The molecule has 0 spiro atoms. The van der Waals surface area contributed by atoms with Crippen LogP contribution >= 0.6 is 0 Å². The molecular weight excluding hydrogens is 124 g/mol. The molecular formula is C8H20N2. The van der Waals surface area contributed by atoms with E-state index in [1.807, 2.05) is 7.05 Å². The first kappa shape index (κ1) is 9.92. The molecule has 0 fully saturated rings. The number of nitrogens with zero attached hydrogens (tertiary/aromatic N) is 1. The molecule has 0 bridgehead atoms. The van der Waals surface area contributed by atoms with Gasteiger partial charge in [0.2, 0.25) is 0 Å². The Morgan fingerprint density at radius 3 is 2.40 bits per heavy atom. The van der Waals surface area contributed by atoms with Crippen molar-refractivity contribution in [2.75, 3.05) is 27.3 Å². The Morgan fingerprint density at radius 2 is 2.00 bits per heavy atom. The van der Waals surface area contributed by atoms with Crippen LogP contribution in [0.3, 0.4) is 0 Å². The Hall–Kier alpha value is -0.0800. The zero-order valence-corrected chi connectivity index (χ0v) is 7.65. The van der Waals surface area contributed by atoms with Gasteiger partial charge in [0, 0.05) is 6.67 Å². The minimum Gasteiger partial charge on any atom is -0.307 e. The molecule has 0 unspecified atom stereocenters. The molecule has 1 N–H and O–H groups in total. The van der Waals surface area contributed by atoms with Crippen molar-refractivity contribution in [1.29, 1.82) is 0 Å². The van der Waals surface area contributed by atoms with Crippen LogP contribution in [0, 0.1) is 5.92 Å². The molecule has 0 atom stereocenters. The Labute approximate surface area is 64.6 Å². The minimum atomic E-state index is 0.819. The van der Waals surface area contributed by atoms with E-state index in [1.165, 1.54) is 13.0 Å². The lowest BCUT2D eigenvalue weighted by molar-refractivity contribution is 0.296. The van der Waals surface area contributed by atoms with Gasteiger partial charge in [-0.05, 0) is 33.0 Å². The summed E-state index contributed by atoms with van der Waals surface area (Å²) in [6, 6.07) is 0. The molecule has 2 heteroatoms. The van der Waals surface area contributed by atoms with E-state index in [4.69, 9.17) is 0 Å². The maximum absolute atomic E-state index is 3.12. The quantitative estimate of drug-likeness (QED) is 0.582. The summed E-state index contributed by atoms with van der Waals surface area (Å²) >= 11 is 0. The Kier molecular flexibility index (Phi) is 5.64. The first-order valence-electron chi connectivity index (χ1n) is 4.00. The fourth-order valence-corrected chi connectivity index (χ4v) is 0.828. The van der Waals surface area contributed by atoms with Gasteiger partial charge < -0.3 is 5.32 Å². The molecule has 0 amide bonds. The fraction of sp³-hybridized carbons (Fsp3) is 1.00. The molecule has 0 aliphatic rings. The van der Waals surface area contributed by atoms with Crippen LogP contribution in [0.4, 0.5) is 0 Å². The van der Waals surface area contributed by atoms with E-state index in [2.05, 4.69) is 31.1 Å². The number of nitrogens with one attached hydrogen (secondary N) is 1. The van der Waals surface area contributed by atoms with Crippen LogP contribution < -0.4 is 5.32 Å². The first-order valence-corrected chi connectivity index (χ1v) is 4.00. The molecule has 0 radical (unpaired) electrons. The van der Waals surface area contributed by atoms with Crippen molar-refractivity contribution in [3.05, 3.63) is 0 Å². The summed E-state index contributed by atoms with van der Waals surface area (Å²) < 4.78 is 0. The van der Waals surface area contributed by atoms with E-state index in [-0.39, 0.29) is 0 Å². The Balaban J connectivity index is 3.12. The van der Waals surface area contributed by atoms with Gasteiger partial charge in [-0.25, -0.2) is 0 Å². The van der Waals surface area contributed by atoms with Crippen molar-refractivity contribution in [2.45, 2.75) is 20.3 Å². The largest absolute Gasteiger partial charge is 0.307 e. The van der Waals surface area contributed by atoms with E-state index in [1.54, 1.807) is 0 Å². The van der Waals surface area contributed by atoms with Crippen LogP contribution in [0.2, 0.25) is 0 Å². The Bertz CT molecular complexity index is 71.7. The van der Waals surface area contributed by atoms with E-state index in [9.17, 15) is 0 Å². The summed E-state index contributed by atoms with van der Waals surface area (Å²) in [6.07, 6.45) is 1.29. The zero-order chi connectivity index (χ0) is 7.98. The summed E-state index contributed by atoms with van der Waals surface area (Å²) in [4.78, 5) is 2.29. The second kappa shape index (κ2) is 5.69. The molecule has 0 heterocycles. The lowest BCUT2D eigenvalue weighted by Gasteiger charge is -2.16. The molecule has 0 aromatic carbocycles. The normalized spacial score (nSPS) is 11.4. The molecule has 0 aromatic rings. The van der Waals surface area contributed by atoms with Crippen LogP contribution in [0.25, 0.3) is 0 Å². The average Bonchev–Trinajstić information content (AvgIpc) is 1.85. The van der Waals surface area contributed by atoms with Crippen LogP contribution in [0.15, 0.2) is 0 Å². The molecule has 0 rings (SSSR count). The first-order chi connectivity index (χ1) is 4.66. The van der Waals surface area contributed by atoms with Gasteiger partial charge in [-0.1, -0.05) is 13.8 Å². The molecule has 0 aliphatic heterocycles. The summed E-state index contributed by atoms with van der Waals surface area (Å²) in [7, 11) is 4.12. The third-order valence-electron chi connectivity index (χ3n) is 1.52. The lowest BCUT2D eigenvalue weighted by atomic mass is 10.1. The summed E-state index contributed by atoms with van der Waals surface area (Å²) in [5, 5.41) is 3.12. The molecule has 0 saturated heterocycles. The smallest absolute Gasteiger partial charge is 0.0475 e. The van der Waals surface area contributed by atoms with Gasteiger partial charge in [0.15, 0.2) is 0 Å². The van der Waals surface area contributed by atoms with E-state index in [0.717, 1.165) is 12.6 Å². The van der Waals surface area contributed by atoms with Gasteiger partial charge >= 0.3 is 0 Å². The van der Waals surface area contributed by atoms with E-state index < -0.39 is 0 Å². The van der Waals surface area contributed by atoms with Crippen LogP contribution in [0.1, 0.15) is 20.3 Å². The van der Waals surface area contributed by atoms with Gasteiger partial charge in [0.1, 0.15) is 0 Å². The van der Waals surface area contributed by atoms with Crippen molar-refractivity contribution < 1.29 is 0 Å². The van der Waals surface area contributed by atoms with Crippen molar-refractivity contribution in [3.8, 4) is 0 Å². The number of hydrogen-bond donors (Lipinski definition) is 1. The third-order valence-corrected chi connectivity index (χ3v) is 1.52. The van der Waals surface area contributed by atoms with Crippen molar-refractivity contribution >= 4 is 0 Å². The van der Waals surface area contributed by atoms with Gasteiger partial charge in [-0.15, -0.1) is 0 Å². The van der Waals surface area contributed by atoms with Crippen molar-refractivity contribution in [3.63, 3.8) is 0 Å². The van der Waals surface area contributed by atoms with Crippen molar-refractivity contribution in [2.24, 2.45) is 5.92 Å². The second-order valence-corrected chi connectivity index (χ2v) is 3.27. The van der Waals surface area contributed by atoms with E-state index in [0.29, 0.717) is 0 Å². The maximum atomic E-state index is 3.12. The van der Waals surface area contributed by atoms with E-state index >= 15 is 0 Å². The minimum absolute atomic E-state index is 0.819. The highest BCUT2D eigenvalue weighted by atomic mass is 15.2. The molecule has 0 aliphatic carbocycles. The zero-order valence-electron chi connectivity index (χ0n) is 7.65. The molecule has 0 aromatic heterocycles. The predicted molar refractivity (Wildman–Crippen MR) is 46.0 cm³/mol. The van der Waals surface area contributed by atoms with Gasteiger partial charge in [0.05, 0.1) is 0 Å². The van der Waals surface area contributed by atoms with Crippen LogP contribution in [-0.2, 0) is 0 Å². The summed E-state index contributed by atoms with van der Waals surface area (Å²) in [5.74, 6) is 0.819. The molecule has 0 saturated carbocycles. The lowest BCUT2D eigenvalue weighted by Crippen LogP contribution is -2.29. The maximum Gasteiger partial charge on any atom is 0.0475 e. The van der Waals surface area contributed by atoms with Gasteiger partial charge in [0.25, 0.3) is 0 Å². The highest BCUT2D eigenvalue weighted by Crippen LogP contribution is 1.99. The fourth-order valence-electron chi connectivity index (χ4n) is 0.828. The third kappa shape index (κ3) is 6.05. The molecule has 2 nitrogen and oxygen atoms in total. The monoisotopic (exact) mass is 144 g/mol. The summed E-state index contributed by atoms with van der Waals surface area (Å²) in [5.41, 5.74) is 0. The SMILES string of the molecule is CNCN(C)CCC(C)C. The highest BCUT2D eigenvalue weighted by molar-refractivity contribution is 4.51. The second-order valence-electron chi connectivity index (χ2n) is 3.27. The average molecular weight is 144 g/mol. The standard InChI is InChI=1S/C8H20N2/c1-8(2)5-6-10(4)7-9-3/h8-9H,5-7H2,1-4H3. The highest BCUT2D eigenvalue weighted by Gasteiger charge is 1.97. The summed E-state index contributed by atoms with van der Waals surface area (Å²) in [6.45, 7) is 6.70. The van der Waals surface area contributed by atoms with Gasteiger partial charge in [-0.2, -0.15) is 0 Å². The van der Waals surface area contributed by atoms with Crippen LogP contribution in [0.5, 0.6) is 0 Å².